The van der Waals surface area contributed by atoms with E-state index >= 15 is 0 Å². The predicted molar refractivity (Wildman–Crippen MR) is 83.0 cm³/mol. The lowest BCUT2D eigenvalue weighted by Crippen LogP contribution is -2.43. The van der Waals surface area contributed by atoms with Crippen LogP contribution in [-0.2, 0) is 11.2 Å². The van der Waals surface area contributed by atoms with E-state index in [9.17, 15) is 13.3 Å². The third-order valence-corrected chi connectivity index (χ3v) is 5.47. The number of halogens is 2. The lowest BCUT2D eigenvalue weighted by molar-refractivity contribution is 0.181. The fourth-order valence-electron chi connectivity index (χ4n) is 2.83. The summed E-state index contributed by atoms with van der Waals surface area (Å²) in [5.74, 6) is 0.0168. The monoisotopic (exact) mass is 330 g/mol. The highest BCUT2D eigenvalue weighted by Gasteiger charge is 2.25. The maximum Gasteiger partial charge on any atom is 0.168 e. The molecule has 2 aliphatic heterocycles. The molecule has 7 heteroatoms. The van der Waals surface area contributed by atoms with Gasteiger partial charge in [0.05, 0.1) is 5.69 Å². The van der Waals surface area contributed by atoms with Crippen molar-refractivity contribution in [2.45, 2.75) is 18.9 Å². The Hall–Kier alpha value is -1.05. The van der Waals surface area contributed by atoms with Gasteiger partial charge in [-0.3, -0.25) is 0 Å². The first-order chi connectivity index (χ1) is 10.6. The van der Waals surface area contributed by atoms with Gasteiger partial charge < -0.3 is 19.5 Å². The molecule has 0 aromatic heterocycles. The second-order valence-corrected chi connectivity index (χ2v) is 7.33. The van der Waals surface area contributed by atoms with Gasteiger partial charge in [-0.2, -0.15) is 0 Å². The first-order valence-corrected chi connectivity index (χ1v) is 9.08. The Bertz CT molecular complexity index is 519. The maximum atomic E-state index is 14.0. The zero-order chi connectivity index (χ0) is 15.5. The molecule has 0 spiro atoms. The van der Waals surface area contributed by atoms with Gasteiger partial charge in [0.2, 0.25) is 0 Å². The normalized spacial score (nSPS) is 26.0. The van der Waals surface area contributed by atoms with Crippen LogP contribution in [0, 0.1) is 11.6 Å². The number of ether oxygens (including phenoxy) is 1. The van der Waals surface area contributed by atoms with Gasteiger partial charge in [0.15, 0.2) is 11.6 Å². The van der Waals surface area contributed by atoms with Gasteiger partial charge in [0, 0.05) is 51.2 Å². The molecule has 122 valence electrons. The number of hydrogen-bond donors (Lipinski definition) is 1. The molecule has 0 saturated carbocycles. The van der Waals surface area contributed by atoms with Gasteiger partial charge in [0.25, 0.3) is 0 Å². The Balaban J connectivity index is 1.75. The molecule has 2 saturated heterocycles. The van der Waals surface area contributed by atoms with Gasteiger partial charge in [-0.25, -0.2) is 8.78 Å². The summed E-state index contributed by atoms with van der Waals surface area (Å²) < 4.78 is 45.1. The predicted octanol–water partition coefficient (Wildman–Crippen LogP) is 1.66. The molecular formula is C15H20F2N2O2S. The van der Waals surface area contributed by atoms with Crippen LogP contribution in [0.25, 0.3) is 0 Å². The van der Waals surface area contributed by atoms with Gasteiger partial charge in [-0.1, -0.05) is 11.2 Å². The van der Waals surface area contributed by atoms with Crippen LogP contribution in [0.3, 0.4) is 0 Å². The number of hydrogen-bond acceptors (Lipinski definition) is 4. The van der Waals surface area contributed by atoms with E-state index in [4.69, 9.17) is 4.74 Å². The van der Waals surface area contributed by atoms with Crippen LogP contribution in [0.15, 0.2) is 12.1 Å². The summed E-state index contributed by atoms with van der Waals surface area (Å²) in [7, 11) is 0. The lowest BCUT2D eigenvalue weighted by Gasteiger charge is -2.30. The molecule has 1 aromatic carbocycles. The van der Waals surface area contributed by atoms with Crippen molar-refractivity contribution in [1.82, 2.24) is 5.32 Å². The van der Waals surface area contributed by atoms with E-state index in [1.807, 2.05) is 4.90 Å². The van der Waals surface area contributed by atoms with E-state index in [1.165, 1.54) is 6.07 Å². The second kappa shape index (κ2) is 7.02. The van der Waals surface area contributed by atoms with Gasteiger partial charge in [-0.15, -0.1) is 0 Å². The summed E-state index contributed by atoms with van der Waals surface area (Å²) in [6.07, 6.45) is 1.15. The molecule has 0 radical (unpaired) electrons. The molecular weight excluding hydrogens is 310 g/mol. The number of anilines is 1. The summed E-state index contributed by atoms with van der Waals surface area (Å²) in [5, 5.41) is 3.20. The average Bonchev–Trinajstić information content (AvgIpc) is 2.53. The molecule has 0 amide bonds. The van der Waals surface area contributed by atoms with E-state index in [2.05, 4.69) is 5.32 Å². The van der Waals surface area contributed by atoms with E-state index in [0.29, 0.717) is 43.1 Å². The van der Waals surface area contributed by atoms with Crippen molar-refractivity contribution in [3.63, 3.8) is 0 Å². The highest BCUT2D eigenvalue weighted by molar-refractivity contribution is 7.91. The minimum Gasteiger partial charge on any atom is -0.616 e. The van der Waals surface area contributed by atoms with E-state index in [0.717, 1.165) is 19.2 Å². The van der Waals surface area contributed by atoms with Crippen molar-refractivity contribution in [2.24, 2.45) is 0 Å². The molecule has 3 rings (SSSR count). The van der Waals surface area contributed by atoms with Gasteiger partial charge >= 0.3 is 0 Å². The fraction of sp³-hybridized carbons (Fsp3) is 0.600. The molecule has 22 heavy (non-hydrogen) atoms. The molecule has 0 aliphatic carbocycles. The Morgan fingerprint density at radius 1 is 1.14 bits per heavy atom. The zero-order valence-corrected chi connectivity index (χ0v) is 13.1. The second-order valence-electron chi connectivity index (χ2n) is 5.64. The van der Waals surface area contributed by atoms with Crippen molar-refractivity contribution < 1.29 is 18.1 Å². The SMILES string of the molecule is [O-][S@+]1CC[C@H](Oc2cc(N3CCNCC3)c(F)cc2F)CC1. The van der Waals surface area contributed by atoms with Crippen LogP contribution < -0.4 is 15.0 Å². The maximum absolute atomic E-state index is 14.0. The smallest absolute Gasteiger partial charge is 0.168 e. The highest BCUT2D eigenvalue weighted by Crippen LogP contribution is 2.30. The van der Waals surface area contributed by atoms with E-state index in [1.54, 1.807) is 0 Å². The van der Waals surface area contributed by atoms with E-state index in [-0.39, 0.29) is 11.9 Å². The van der Waals surface area contributed by atoms with Crippen molar-refractivity contribution in [3.05, 3.63) is 23.8 Å². The minimum atomic E-state index is -0.785. The summed E-state index contributed by atoms with van der Waals surface area (Å²) in [6.45, 7) is 2.93. The molecule has 2 fully saturated rings. The lowest BCUT2D eigenvalue weighted by atomic mass is 10.2. The third kappa shape index (κ3) is 3.64. The van der Waals surface area contributed by atoms with Crippen molar-refractivity contribution >= 4 is 16.9 Å². The van der Waals surface area contributed by atoms with Crippen LogP contribution in [0.4, 0.5) is 14.5 Å². The Labute approximate surface area is 132 Å². The standard InChI is InChI=1S/C15H20F2N2O2S/c16-12-9-13(17)15(21-11-1-7-22(20)8-2-11)10-14(12)19-5-3-18-4-6-19/h9-11,18H,1-8H2/t11-,22+. The van der Waals surface area contributed by atoms with Crippen LogP contribution in [-0.4, -0.2) is 48.3 Å². The van der Waals surface area contributed by atoms with Crippen LogP contribution in [0.2, 0.25) is 0 Å². The molecule has 1 aromatic rings. The molecule has 4 nitrogen and oxygen atoms in total. The van der Waals surface area contributed by atoms with Crippen molar-refractivity contribution in [3.8, 4) is 5.75 Å². The summed E-state index contributed by atoms with van der Waals surface area (Å²) in [5.41, 5.74) is 0.386. The Morgan fingerprint density at radius 3 is 2.50 bits per heavy atom. The van der Waals surface area contributed by atoms with Crippen molar-refractivity contribution in [2.75, 3.05) is 42.6 Å². The number of rotatable bonds is 3. The summed E-state index contributed by atoms with van der Waals surface area (Å²) >= 11 is -0.785. The number of nitrogens with zero attached hydrogens (tertiary/aromatic N) is 1. The largest absolute Gasteiger partial charge is 0.616 e. The van der Waals surface area contributed by atoms with Gasteiger partial charge in [0.1, 0.15) is 23.4 Å². The van der Waals surface area contributed by atoms with Crippen LogP contribution in [0.5, 0.6) is 5.75 Å². The zero-order valence-electron chi connectivity index (χ0n) is 12.3. The fourth-order valence-corrected chi connectivity index (χ4v) is 4.08. The minimum absolute atomic E-state index is 0.0904. The van der Waals surface area contributed by atoms with Crippen molar-refractivity contribution in [1.29, 1.82) is 0 Å². The molecule has 1 N–H and O–H groups in total. The van der Waals surface area contributed by atoms with Gasteiger partial charge in [-0.05, 0) is 0 Å². The summed E-state index contributed by atoms with van der Waals surface area (Å²) in [4.78, 5) is 1.90. The number of nitrogens with one attached hydrogen (secondary N) is 1. The van der Waals surface area contributed by atoms with Crippen LogP contribution >= 0.6 is 0 Å². The molecule has 2 heterocycles. The summed E-state index contributed by atoms with van der Waals surface area (Å²) in [6, 6.07) is 2.36. The molecule has 0 bridgehead atoms. The molecule has 2 aliphatic rings. The first kappa shape index (κ1) is 15.8. The highest BCUT2D eigenvalue weighted by atomic mass is 32.2. The number of piperazine rings is 1. The first-order valence-electron chi connectivity index (χ1n) is 7.60. The average molecular weight is 330 g/mol. The number of benzene rings is 1. The Kier molecular flexibility index (Phi) is 5.05. The topological polar surface area (TPSA) is 47.6 Å². The quantitative estimate of drug-likeness (QED) is 0.857. The molecule has 0 unspecified atom stereocenters. The third-order valence-electron chi connectivity index (χ3n) is 4.09. The Morgan fingerprint density at radius 2 is 1.82 bits per heavy atom. The van der Waals surface area contributed by atoms with E-state index < -0.39 is 22.8 Å². The van der Waals surface area contributed by atoms with Crippen LogP contribution in [0.1, 0.15) is 12.8 Å². The molecule has 0 atom stereocenters.